The second kappa shape index (κ2) is 5.07. The average Bonchev–Trinajstić information content (AvgIpc) is 2.47. The number of hydrogen-bond acceptors (Lipinski definition) is 3. The lowest BCUT2D eigenvalue weighted by molar-refractivity contribution is 0.0734. The number of hydrogen-bond donors (Lipinski definition) is 0. The van der Waals surface area contributed by atoms with E-state index in [4.69, 9.17) is 4.74 Å². The van der Waals surface area contributed by atoms with E-state index < -0.39 is 10.0 Å². The summed E-state index contributed by atoms with van der Waals surface area (Å²) in [7, 11) is -3.31. The minimum atomic E-state index is -3.31. The second-order valence-corrected chi connectivity index (χ2v) is 6.82. The molecule has 1 heterocycles. The van der Waals surface area contributed by atoms with Crippen LogP contribution in [0.3, 0.4) is 0 Å². The van der Waals surface area contributed by atoms with E-state index in [0.717, 1.165) is 12.0 Å². The molecule has 2 aliphatic rings. The van der Waals surface area contributed by atoms with Crippen molar-refractivity contribution in [2.75, 3.05) is 26.3 Å². The van der Waals surface area contributed by atoms with Crippen molar-refractivity contribution in [2.45, 2.75) is 12.8 Å². The van der Waals surface area contributed by atoms with Crippen molar-refractivity contribution in [3.05, 3.63) is 40.3 Å². The van der Waals surface area contributed by atoms with Crippen molar-refractivity contribution in [1.82, 2.24) is 4.31 Å². The molecule has 4 nitrogen and oxygen atoms in total. The first-order chi connectivity index (χ1) is 9.18. The summed E-state index contributed by atoms with van der Waals surface area (Å²) in [6.45, 7) is 1.90. The van der Waals surface area contributed by atoms with Gasteiger partial charge in [-0.2, -0.15) is 4.31 Å². The van der Waals surface area contributed by atoms with Gasteiger partial charge >= 0.3 is 0 Å². The predicted molar refractivity (Wildman–Crippen MR) is 74.1 cm³/mol. The largest absolute Gasteiger partial charge is 0.379 e. The maximum absolute atomic E-state index is 12.6. The van der Waals surface area contributed by atoms with Crippen LogP contribution in [-0.4, -0.2) is 39.0 Å². The van der Waals surface area contributed by atoms with Crippen LogP contribution in [0.2, 0.25) is 0 Å². The van der Waals surface area contributed by atoms with Crippen molar-refractivity contribution in [1.29, 1.82) is 0 Å². The van der Waals surface area contributed by atoms with E-state index in [1.165, 1.54) is 9.87 Å². The van der Waals surface area contributed by atoms with Gasteiger partial charge in [0, 0.05) is 13.1 Å². The minimum Gasteiger partial charge on any atom is -0.379 e. The Morgan fingerprint density at radius 2 is 1.79 bits per heavy atom. The first-order valence-corrected chi connectivity index (χ1v) is 7.98. The van der Waals surface area contributed by atoms with E-state index in [1.807, 2.05) is 24.3 Å². The summed E-state index contributed by atoms with van der Waals surface area (Å²) >= 11 is 0. The van der Waals surface area contributed by atoms with Crippen LogP contribution in [0.5, 0.6) is 0 Å². The highest BCUT2D eigenvalue weighted by Gasteiger charge is 2.29. The zero-order chi connectivity index (χ0) is 13.3. The Kier molecular flexibility index (Phi) is 3.43. The molecule has 102 valence electrons. The van der Waals surface area contributed by atoms with E-state index in [1.54, 1.807) is 0 Å². The average molecular weight is 279 g/mol. The van der Waals surface area contributed by atoms with Gasteiger partial charge in [0.25, 0.3) is 0 Å². The highest BCUT2D eigenvalue weighted by Crippen LogP contribution is 2.29. The van der Waals surface area contributed by atoms with Gasteiger partial charge in [0.1, 0.15) is 0 Å². The fraction of sp³-hybridized carbons (Fsp3) is 0.429. The lowest BCUT2D eigenvalue weighted by Gasteiger charge is -2.28. The first-order valence-electron chi connectivity index (χ1n) is 6.54. The van der Waals surface area contributed by atoms with Crippen molar-refractivity contribution in [3.63, 3.8) is 0 Å². The normalized spacial score (nSPS) is 20.7. The van der Waals surface area contributed by atoms with Crippen LogP contribution in [-0.2, 0) is 21.2 Å². The molecule has 1 saturated heterocycles. The predicted octanol–water partition coefficient (Wildman–Crippen LogP) is 1.64. The summed E-state index contributed by atoms with van der Waals surface area (Å²) < 4.78 is 31.9. The number of fused-ring (bicyclic) bond motifs is 1. The Morgan fingerprint density at radius 3 is 2.58 bits per heavy atom. The molecule has 0 N–H and O–H groups in total. The van der Waals surface area contributed by atoms with Crippen LogP contribution in [0.4, 0.5) is 0 Å². The first kappa shape index (κ1) is 12.8. The lowest BCUT2D eigenvalue weighted by atomic mass is 9.98. The third-order valence-corrected chi connectivity index (χ3v) is 5.68. The fourth-order valence-corrected chi connectivity index (χ4v) is 4.16. The fourth-order valence-electron chi connectivity index (χ4n) is 2.56. The zero-order valence-corrected chi connectivity index (χ0v) is 11.5. The number of morpholine rings is 1. The highest BCUT2D eigenvalue weighted by atomic mass is 32.2. The molecule has 5 heteroatoms. The Hall–Kier alpha value is -1.17. The molecule has 1 aromatic carbocycles. The summed E-state index contributed by atoms with van der Waals surface area (Å²) in [6, 6.07) is 7.97. The van der Waals surface area contributed by atoms with E-state index >= 15 is 0 Å². The highest BCUT2D eigenvalue weighted by molar-refractivity contribution is 7.93. The van der Waals surface area contributed by atoms with Crippen LogP contribution >= 0.6 is 0 Å². The molecular formula is C14H17NO3S. The standard InChI is InChI=1S/C14H17NO3S/c16-19(17,15-7-9-18-10-8-15)14-6-5-12-3-1-2-4-13(12)11-14/h1-4,11H,5-10H2. The van der Waals surface area contributed by atoms with E-state index in [2.05, 4.69) is 6.07 Å². The third-order valence-electron chi connectivity index (χ3n) is 3.65. The second-order valence-electron chi connectivity index (χ2n) is 4.83. The molecule has 1 aliphatic heterocycles. The Labute approximate surface area is 113 Å². The molecule has 0 radical (unpaired) electrons. The third kappa shape index (κ3) is 2.45. The van der Waals surface area contributed by atoms with Crippen LogP contribution in [0.15, 0.2) is 29.2 Å². The topological polar surface area (TPSA) is 46.6 Å². The van der Waals surface area contributed by atoms with Gasteiger partial charge in [-0.3, -0.25) is 0 Å². The number of benzene rings is 1. The van der Waals surface area contributed by atoms with Crippen LogP contribution in [0, 0.1) is 0 Å². The number of allylic oxidation sites excluding steroid dienone is 1. The molecule has 0 aromatic heterocycles. The minimum absolute atomic E-state index is 0.460. The molecule has 19 heavy (non-hydrogen) atoms. The van der Waals surface area contributed by atoms with E-state index in [9.17, 15) is 8.42 Å². The van der Waals surface area contributed by atoms with E-state index in [0.29, 0.717) is 37.6 Å². The van der Waals surface area contributed by atoms with Crippen LogP contribution in [0.25, 0.3) is 6.08 Å². The van der Waals surface area contributed by atoms with Crippen LogP contribution < -0.4 is 0 Å². The number of ether oxygens (including phenoxy) is 1. The van der Waals surface area contributed by atoms with Crippen molar-refractivity contribution >= 4 is 16.1 Å². The molecule has 3 rings (SSSR count). The van der Waals surface area contributed by atoms with Gasteiger partial charge in [-0.25, -0.2) is 8.42 Å². The van der Waals surface area contributed by atoms with Gasteiger partial charge in [0.05, 0.1) is 18.1 Å². The van der Waals surface area contributed by atoms with Gasteiger partial charge in [0.15, 0.2) is 0 Å². The number of nitrogens with zero attached hydrogens (tertiary/aromatic N) is 1. The summed E-state index contributed by atoms with van der Waals surface area (Å²) in [6.07, 6.45) is 3.21. The van der Waals surface area contributed by atoms with Crippen molar-refractivity contribution in [3.8, 4) is 0 Å². The van der Waals surface area contributed by atoms with Gasteiger partial charge in [-0.15, -0.1) is 0 Å². The lowest BCUT2D eigenvalue weighted by Crippen LogP contribution is -2.41. The zero-order valence-electron chi connectivity index (χ0n) is 10.7. The number of sulfonamides is 1. The summed E-state index contributed by atoms with van der Waals surface area (Å²) in [5, 5.41) is 0. The van der Waals surface area contributed by atoms with E-state index in [-0.39, 0.29) is 0 Å². The summed E-state index contributed by atoms with van der Waals surface area (Å²) in [5.41, 5.74) is 2.25. The quantitative estimate of drug-likeness (QED) is 0.826. The summed E-state index contributed by atoms with van der Waals surface area (Å²) in [4.78, 5) is 0.535. The molecule has 1 aromatic rings. The van der Waals surface area contributed by atoms with Gasteiger partial charge in [0.2, 0.25) is 10.0 Å². The smallest absolute Gasteiger partial charge is 0.239 e. The molecule has 0 saturated carbocycles. The SMILES string of the molecule is O=S(=O)(C1=Cc2ccccc2CC1)N1CCOCC1. The molecule has 1 fully saturated rings. The Bertz CT molecular complexity index is 601. The molecule has 0 spiro atoms. The molecule has 0 amide bonds. The Balaban J connectivity index is 1.92. The molecule has 0 bridgehead atoms. The molecular weight excluding hydrogens is 262 g/mol. The van der Waals surface area contributed by atoms with Gasteiger partial charge in [-0.1, -0.05) is 24.3 Å². The maximum Gasteiger partial charge on any atom is 0.239 e. The van der Waals surface area contributed by atoms with Crippen molar-refractivity contribution in [2.24, 2.45) is 0 Å². The monoisotopic (exact) mass is 279 g/mol. The van der Waals surface area contributed by atoms with Crippen molar-refractivity contribution < 1.29 is 13.2 Å². The molecule has 0 unspecified atom stereocenters. The van der Waals surface area contributed by atoms with Gasteiger partial charge in [-0.05, 0) is 30.0 Å². The maximum atomic E-state index is 12.6. The number of rotatable bonds is 2. The molecule has 0 atom stereocenters. The summed E-state index contributed by atoms with van der Waals surface area (Å²) in [5.74, 6) is 0. The van der Waals surface area contributed by atoms with Crippen LogP contribution in [0.1, 0.15) is 17.5 Å². The Morgan fingerprint density at radius 1 is 1.05 bits per heavy atom. The molecule has 1 aliphatic carbocycles. The van der Waals surface area contributed by atoms with Gasteiger partial charge < -0.3 is 4.74 Å². The number of aryl methyl sites for hydroxylation is 1.